The number of nitrogens with zero attached hydrogens (tertiary/aromatic N) is 3. The lowest BCUT2D eigenvalue weighted by Crippen LogP contribution is -2.43. The molecule has 2 aromatic heterocycles. The minimum atomic E-state index is -1.41. The SMILES string of the molecule is COc1cc(C(=O)NCC(O)(c2ccc(OC)c(-c3ccc(F)c(Cl)c3)n2)C2CC2)ccc1Cn1ccnc1. The molecule has 39 heavy (non-hydrogen) atoms. The standard InChI is InChI=1S/C29H28ClFN4O4/c1-38-24-9-10-26(34-27(24)18-5-8-23(31)22(30)13-18)29(37,21-6-7-21)16-33-28(36)19-3-4-20(25(14-19)39-2)15-35-12-11-32-17-35/h3-5,8-14,17,21,37H,6-7,15-16H2,1-2H3,(H,33,36). The number of ether oxygens (including phenoxy) is 2. The van der Waals surface area contributed by atoms with Crippen LogP contribution in [0.4, 0.5) is 4.39 Å². The van der Waals surface area contributed by atoms with Gasteiger partial charge in [-0.25, -0.2) is 14.4 Å². The molecule has 1 atom stereocenters. The smallest absolute Gasteiger partial charge is 0.251 e. The maximum absolute atomic E-state index is 13.8. The van der Waals surface area contributed by atoms with Crippen molar-refractivity contribution in [2.45, 2.75) is 25.0 Å². The number of carbonyl (C=O) groups excluding carboxylic acids is 1. The van der Waals surface area contributed by atoms with E-state index in [1.165, 1.54) is 19.2 Å². The average molecular weight is 551 g/mol. The molecule has 2 heterocycles. The van der Waals surface area contributed by atoms with Gasteiger partial charge in [0.15, 0.2) is 0 Å². The van der Waals surface area contributed by atoms with Crippen molar-refractivity contribution in [2.24, 2.45) is 5.92 Å². The summed E-state index contributed by atoms with van der Waals surface area (Å²) in [6.07, 6.45) is 6.86. The van der Waals surface area contributed by atoms with Crippen molar-refractivity contribution in [3.8, 4) is 22.8 Å². The number of rotatable bonds is 10. The van der Waals surface area contributed by atoms with Crippen LogP contribution in [0.5, 0.6) is 11.5 Å². The van der Waals surface area contributed by atoms with Crippen molar-refractivity contribution in [3.05, 3.63) is 94.9 Å². The van der Waals surface area contributed by atoms with E-state index in [4.69, 9.17) is 26.1 Å². The first kappa shape index (κ1) is 26.6. The molecule has 0 spiro atoms. The van der Waals surface area contributed by atoms with E-state index in [0.717, 1.165) is 18.4 Å². The number of hydrogen-bond donors (Lipinski definition) is 2. The second-order valence-corrected chi connectivity index (χ2v) is 9.93. The summed E-state index contributed by atoms with van der Waals surface area (Å²) in [7, 11) is 3.06. The molecule has 2 N–H and O–H groups in total. The Morgan fingerprint density at radius 3 is 2.62 bits per heavy atom. The molecule has 10 heteroatoms. The quantitative estimate of drug-likeness (QED) is 0.293. The van der Waals surface area contributed by atoms with Crippen molar-refractivity contribution in [2.75, 3.05) is 20.8 Å². The van der Waals surface area contributed by atoms with Crippen LogP contribution >= 0.6 is 11.6 Å². The van der Waals surface area contributed by atoms with Gasteiger partial charge in [0.05, 0.1) is 44.4 Å². The maximum atomic E-state index is 13.8. The first-order valence-corrected chi connectivity index (χ1v) is 12.8. The zero-order valence-corrected chi connectivity index (χ0v) is 22.3. The van der Waals surface area contributed by atoms with Crippen LogP contribution in [0.1, 0.15) is 34.5 Å². The largest absolute Gasteiger partial charge is 0.496 e. The number of benzene rings is 2. The molecular weight excluding hydrogens is 523 g/mol. The Hall–Kier alpha value is -3.95. The third kappa shape index (κ3) is 5.60. The molecule has 0 aliphatic heterocycles. The van der Waals surface area contributed by atoms with Gasteiger partial charge in [0.2, 0.25) is 0 Å². The Balaban J connectivity index is 1.38. The molecule has 0 saturated heterocycles. The molecule has 4 aromatic rings. The molecule has 2 aromatic carbocycles. The fraction of sp³-hybridized carbons (Fsp3) is 0.276. The highest BCUT2D eigenvalue weighted by Crippen LogP contribution is 2.46. The van der Waals surface area contributed by atoms with Crippen LogP contribution in [-0.4, -0.2) is 46.3 Å². The molecule has 5 rings (SSSR count). The third-order valence-electron chi connectivity index (χ3n) is 6.95. The van der Waals surface area contributed by atoms with Crippen molar-refractivity contribution >= 4 is 17.5 Å². The lowest BCUT2D eigenvalue weighted by molar-refractivity contribution is 0.00953. The summed E-state index contributed by atoms with van der Waals surface area (Å²) in [6.45, 7) is 0.510. The summed E-state index contributed by atoms with van der Waals surface area (Å²) in [5.41, 5.74) is 1.24. The second-order valence-electron chi connectivity index (χ2n) is 9.52. The van der Waals surface area contributed by atoms with Gasteiger partial charge in [-0.15, -0.1) is 0 Å². The zero-order valence-electron chi connectivity index (χ0n) is 21.5. The summed E-state index contributed by atoms with van der Waals surface area (Å²) in [5.74, 6) is 0.0647. The molecule has 1 unspecified atom stereocenters. The first-order valence-electron chi connectivity index (χ1n) is 12.5. The minimum absolute atomic E-state index is 0.0431. The van der Waals surface area contributed by atoms with Gasteiger partial charge in [-0.05, 0) is 61.2 Å². The van der Waals surface area contributed by atoms with E-state index in [2.05, 4.69) is 10.3 Å². The number of methoxy groups -OCH3 is 2. The van der Waals surface area contributed by atoms with E-state index in [9.17, 15) is 14.3 Å². The normalized spacial score (nSPS) is 14.5. The lowest BCUT2D eigenvalue weighted by atomic mass is 9.92. The predicted molar refractivity (Wildman–Crippen MR) is 144 cm³/mol. The maximum Gasteiger partial charge on any atom is 0.251 e. The van der Waals surface area contributed by atoms with Crippen molar-refractivity contribution in [1.82, 2.24) is 19.9 Å². The molecule has 1 aliphatic rings. The van der Waals surface area contributed by atoms with E-state index >= 15 is 0 Å². The fourth-order valence-corrected chi connectivity index (χ4v) is 4.80. The molecule has 8 nitrogen and oxygen atoms in total. The van der Waals surface area contributed by atoms with E-state index in [1.54, 1.807) is 50.0 Å². The number of amides is 1. The van der Waals surface area contributed by atoms with Crippen molar-refractivity contribution in [3.63, 3.8) is 0 Å². The van der Waals surface area contributed by atoms with Gasteiger partial charge in [0, 0.05) is 29.1 Å². The third-order valence-corrected chi connectivity index (χ3v) is 7.24. The molecule has 202 valence electrons. The summed E-state index contributed by atoms with van der Waals surface area (Å²) < 4.78 is 26.7. The molecule has 1 amide bonds. The Kier molecular flexibility index (Phi) is 7.54. The summed E-state index contributed by atoms with van der Waals surface area (Å²) in [5, 5.41) is 14.6. The predicted octanol–water partition coefficient (Wildman–Crippen LogP) is 4.83. The van der Waals surface area contributed by atoms with Crippen LogP contribution in [0.3, 0.4) is 0 Å². The van der Waals surface area contributed by atoms with Crippen LogP contribution in [0.25, 0.3) is 11.3 Å². The number of aliphatic hydroxyl groups is 1. The highest BCUT2D eigenvalue weighted by Gasteiger charge is 2.46. The van der Waals surface area contributed by atoms with Gasteiger partial charge < -0.3 is 24.5 Å². The Bertz CT molecular complexity index is 1490. The Morgan fingerprint density at radius 2 is 1.95 bits per heavy atom. The molecule has 1 aliphatic carbocycles. The minimum Gasteiger partial charge on any atom is -0.496 e. The van der Waals surface area contributed by atoms with Crippen LogP contribution in [0, 0.1) is 11.7 Å². The monoisotopic (exact) mass is 550 g/mol. The van der Waals surface area contributed by atoms with E-state index in [1.807, 2.05) is 16.8 Å². The highest BCUT2D eigenvalue weighted by molar-refractivity contribution is 6.31. The van der Waals surface area contributed by atoms with Crippen molar-refractivity contribution in [1.29, 1.82) is 0 Å². The fourth-order valence-electron chi connectivity index (χ4n) is 4.62. The number of aromatic nitrogens is 3. The van der Waals surface area contributed by atoms with Crippen molar-refractivity contribution < 1.29 is 23.8 Å². The topological polar surface area (TPSA) is 98.5 Å². The highest BCUT2D eigenvalue weighted by atomic mass is 35.5. The van der Waals surface area contributed by atoms with Gasteiger partial charge in [0.1, 0.15) is 28.6 Å². The molecular formula is C29H28ClFN4O4. The van der Waals surface area contributed by atoms with Gasteiger partial charge in [0.25, 0.3) is 5.91 Å². The van der Waals surface area contributed by atoms with Gasteiger partial charge in [-0.3, -0.25) is 4.79 Å². The molecule has 0 radical (unpaired) electrons. The summed E-state index contributed by atoms with van der Waals surface area (Å²) in [6, 6.07) is 12.9. The number of nitrogens with one attached hydrogen (secondary N) is 1. The van der Waals surface area contributed by atoms with Crippen LogP contribution in [-0.2, 0) is 12.1 Å². The zero-order chi connectivity index (χ0) is 27.6. The molecule has 1 saturated carbocycles. The Labute approximate surface area is 230 Å². The van der Waals surface area contributed by atoms with Crippen LogP contribution in [0.15, 0.2) is 67.3 Å². The lowest BCUT2D eigenvalue weighted by Gasteiger charge is -2.29. The van der Waals surface area contributed by atoms with Crippen LogP contribution in [0.2, 0.25) is 5.02 Å². The van der Waals surface area contributed by atoms with Crippen LogP contribution < -0.4 is 14.8 Å². The average Bonchev–Trinajstić information content (AvgIpc) is 3.70. The molecule has 1 fully saturated rings. The van der Waals surface area contributed by atoms with Gasteiger partial charge in [-0.2, -0.15) is 0 Å². The number of pyridine rings is 1. The molecule has 0 bridgehead atoms. The number of imidazole rings is 1. The Morgan fingerprint density at radius 1 is 1.15 bits per heavy atom. The number of hydrogen-bond acceptors (Lipinski definition) is 6. The van der Waals surface area contributed by atoms with E-state index in [-0.39, 0.29) is 23.4 Å². The number of halogens is 2. The van der Waals surface area contributed by atoms with E-state index in [0.29, 0.717) is 40.6 Å². The second kappa shape index (κ2) is 11.0. The first-order chi connectivity index (χ1) is 18.8. The van der Waals surface area contributed by atoms with Gasteiger partial charge in [-0.1, -0.05) is 17.7 Å². The summed E-state index contributed by atoms with van der Waals surface area (Å²) in [4.78, 5) is 21.9. The summed E-state index contributed by atoms with van der Waals surface area (Å²) >= 11 is 6.01. The van der Waals surface area contributed by atoms with E-state index < -0.39 is 11.4 Å². The van der Waals surface area contributed by atoms with Gasteiger partial charge >= 0.3 is 0 Å². The number of carbonyl (C=O) groups is 1.